The third-order valence-corrected chi connectivity index (χ3v) is 3.99. The number of hydrogen-bond donors (Lipinski definition) is 0. The zero-order valence-corrected chi connectivity index (χ0v) is 13.0. The predicted molar refractivity (Wildman–Crippen MR) is 88.8 cm³/mol. The van der Waals surface area contributed by atoms with Gasteiger partial charge in [0, 0.05) is 17.2 Å². The minimum atomic E-state index is -0.520. The van der Waals surface area contributed by atoms with Gasteiger partial charge in [-0.3, -0.25) is 14.9 Å². The first-order chi connectivity index (χ1) is 10.9. The lowest BCUT2D eigenvalue weighted by Gasteiger charge is -2.08. The fourth-order valence-corrected chi connectivity index (χ4v) is 2.69. The van der Waals surface area contributed by atoms with E-state index in [1.165, 1.54) is 6.07 Å². The van der Waals surface area contributed by atoms with Gasteiger partial charge in [0.25, 0.3) is 5.69 Å². The van der Waals surface area contributed by atoms with Crippen molar-refractivity contribution < 1.29 is 9.34 Å². The number of aryl methyl sites for hydroxylation is 2. The van der Waals surface area contributed by atoms with Crippen molar-refractivity contribution in [2.45, 2.75) is 20.8 Å². The molecule has 116 valence electrons. The van der Waals surface area contributed by atoms with Gasteiger partial charge < -0.3 is 4.42 Å². The Morgan fingerprint density at radius 1 is 1.09 bits per heavy atom. The number of rotatable bonds is 2. The zero-order valence-electron chi connectivity index (χ0n) is 13.0. The molecule has 0 unspecified atom stereocenters. The second-order valence-electron chi connectivity index (χ2n) is 5.64. The number of nitrogens with zero attached hydrogens (tertiary/aromatic N) is 1. The molecule has 5 heteroatoms. The van der Waals surface area contributed by atoms with Crippen molar-refractivity contribution in [3.63, 3.8) is 0 Å². The smallest absolute Gasteiger partial charge is 0.287 e. The summed E-state index contributed by atoms with van der Waals surface area (Å²) in [5.74, 6) is 0.406. The molecule has 0 amide bonds. The Labute approximate surface area is 132 Å². The van der Waals surface area contributed by atoms with Crippen LogP contribution in [0.4, 0.5) is 5.69 Å². The van der Waals surface area contributed by atoms with Crippen molar-refractivity contribution in [2.75, 3.05) is 0 Å². The Hall–Kier alpha value is -2.95. The third-order valence-electron chi connectivity index (χ3n) is 3.99. The molecule has 5 nitrogen and oxygen atoms in total. The molecule has 0 bridgehead atoms. The van der Waals surface area contributed by atoms with Gasteiger partial charge >= 0.3 is 0 Å². The maximum Gasteiger partial charge on any atom is 0.287 e. The zero-order chi connectivity index (χ0) is 16.7. The fourth-order valence-electron chi connectivity index (χ4n) is 2.69. The summed E-state index contributed by atoms with van der Waals surface area (Å²) in [5, 5.41) is 11.4. The largest absolute Gasteiger partial charge is 0.456 e. The SMILES string of the molecule is Cc1cccc(-c2cc(=O)c3c([N+](=O)[O-])c(C)c(C)cc3o2)c1. The molecule has 0 saturated heterocycles. The summed E-state index contributed by atoms with van der Waals surface area (Å²) in [6.45, 7) is 5.35. The van der Waals surface area contributed by atoms with E-state index in [-0.39, 0.29) is 16.7 Å². The average Bonchev–Trinajstić information content (AvgIpc) is 2.48. The van der Waals surface area contributed by atoms with Gasteiger partial charge in [-0.25, -0.2) is 0 Å². The van der Waals surface area contributed by atoms with Gasteiger partial charge in [-0.1, -0.05) is 23.8 Å². The van der Waals surface area contributed by atoms with Gasteiger partial charge in [0.15, 0.2) is 5.43 Å². The van der Waals surface area contributed by atoms with Crippen molar-refractivity contribution in [3.05, 3.63) is 73.4 Å². The number of nitro groups is 1. The quantitative estimate of drug-likeness (QED) is 0.522. The first kappa shape index (κ1) is 15.0. The van der Waals surface area contributed by atoms with E-state index < -0.39 is 10.4 Å². The molecule has 0 atom stereocenters. The highest BCUT2D eigenvalue weighted by molar-refractivity contribution is 5.90. The van der Waals surface area contributed by atoms with E-state index in [0.717, 1.165) is 11.1 Å². The fraction of sp³-hybridized carbons (Fsp3) is 0.167. The lowest BCUT2D eigenvalue weighted by molar-refractivity contribution is -0.383. The average molecular weight is 309 g/mol. The topological polar surface area (TPSA) is 73.3 Å². The van der Waals surface area contributed by atoms with Crippen LogP contribution in [0, 0.1) is 30.9 Å². The van der Waals surface area contributed by atoms with E-state index in [9.17, 15) is 14.9 Å². The minimum absolute atomic E-state index is 0.0227. The lowest BCUT2D eigenvalue weighted by Crippen LogP contribution is -2.06. The molecule has 0 fully saturated rings. The molecule has 1 heterocycles. The monoisotopic (exact) mass is 309 g/mol. The van der Waals surface area contributed by atoms with Crippen molar-refractivity contribution >= 4 is 16.7 Å². The molecule has 0 saturated carbocycles. The second kappa shape index (κ2) is 5.35. The van der Waals surface area contributed by atoms with Crippen LogP contribution >= 0.6 is 0 Å². The Kier molecular flexibility index (Phi) is 3.48. The van der Waals surface area contributed by atoms with Gasteiger partial charge in [0.1, 0.15) is 16.7 Å². The summed E-state index contributed by atoms with van der Waals surface area (Å²) in [4.78, 5) is 23.3. The number of fused-ring (bicyclic) bond motifs is 1. The van der Waals surface area contributed by atoms with Gasteiger partial charge in [0.2, 0.25) is 0 Å². The second-order valence-corrected chi connectivity index (χ2v) is 5.64. The Morgan fingerprint density at radius 2 is 1.83 bits per heavy atom. The van der Waals surface area contributed by atoms with Crippen LogP contribution in [-0.2, 0) is 0 Å². The van der Waals surface area contributed by atoms with Crippen molar-refractivity contribution in [1.29, 1.82) is 0 Å². The number of hydrogen-bond acceptors (Lipinski definition) is 4. The maximum absolute atomic E-state index is 12.5. The summed E-state index contributed by atoms with van der Waals surface area (Å²) >= 11 is 0. The molecule has 0 spiro atoms. The molecule has 0 radical (unpaired) electrons. The summed E-state index contributed by atoms with van der Waals surface area (Å²) in [6.07, 6.45) is 0. The highest BCUT2D eigenvalue weighted by Crippen LogP contribution is 2.32. The minimum Gasteiger partial charge on any atom is -0.456 e. The molecule has 1 aromatic heterocycles. The number of nitro benzene ring substituents is 1. The van der Waals surface area contributed by atoms with E-state index >= 15 is 0 Å². The van der Waals surface area contributed by atoms with Crippen molar-refractivity contribution in [2.24, 2.45) is 0 Å². The van der Waals surface area contributed by atoms with Crippen LogP contribution < -0.4 is 5.43 Å². The van der Waals surface area contributed by atoms with Gasteiger partial charge in [-0.15, -0.1) is 0 Å². The van der Waals surface area contributed by atoms with Crippen LogP contribution in [0.2, 0.25) is 0 Å². The van der Waals surface area contributed by atoms with Gasteiger partial charge in [0.05, 0.1) is 4.92 Å². The van der Waals surface area contributed by atoms with Gasteiger partial charge in [-0.2, -0.15) is 0 Å². The van der Waals surface area contributed by atoms with Crippen molar-refractivity contribution in [3.8, 4) is 11.3 Å². The molecule has 3 rings (SSSR count). The third kappa shape index (κ3) is 2.50. The Morgan fingerprint density at radius 3 is 2.48 bits per heavy atom. The Balaban J connectivity index is 2.38. The standard InChI is InChI=1S/C18H15NO4/c1-10-5-4-6-13(7-10)15-9-14(20)17-16(23-15)8-11(2)12(3)18(17)19(21)22/h4-9H,1-3H3. The van der Waals surface area contributed by atoms with E-state index in [1.807, 2.05) is 31.2 Å². The van der Waals surface area contributed by atoms with Crippen LogP contribution in [0.25, 0.3) is 22.3 Å². The first-order valence-corrected chi connectivity index (χ1v) is 7.18. The summed E-state index contributed by atoms with van der Waals surface area (Å²) in [6, 6.07) is 10.6. The maximum atomic E-state index is 12.5. The molecule has 23 heavy (non-hydrogen) atoms. The summed E-state index contributed by atoms with van der Waals surface area (Å²) in [5.41, 5.74) is 2.67. The highest BCUT2D eigenvalue weighted by atomic mass is 16.6. The van der Waals surface area contributed by atoms with E-state index in [1.54, 1.807) is 19.9 Å². The first-order valence-electron chi connectivity index (χ1n) is 7.18. The van der Waals surface area contributed by atoms with Gasteiger partial charge in [-0.05, 0) is 38.5 Å². The van der Waals surface area contributed by atoms with E-state index in [2.05, 4.69) is 0 Å². The molecule has 0 aliphatic rings. The summed E-state index contributed by atoms with van der Waals surface area (Å²) in [7, 11) is 0. The number of benzene rings is 2. The molecule has 0 aliphatic carbocycles. The van der Waals surface area contributed by atoms with E-state index in [4.69, 9.17) is 4.42 Å². The lowest BCUT2D eigenvalue weighted by atomic mass is 10.0. The Bertz CT molecular complexity index is 1000. The molecule has 0 N–H and O–H groups in total. The van der Waals surface area contributed by atoms with Crippen LogP contribution in [-0.4, -0.2) is 4.92 Å². The molecular weight excluding hydrogens is 294 g/mol. The predicted octanol–water partition coefficient (Wildman–Crippen LogP) is 4.29. The normalized spacial score (nSPS) is 10.9. The highest BCUT2D eigenvalue weighted by Gasteiger charge is 2.22. The van der Waals surface area contributed by atoms with Crippen molar-refractivity contribution in [1.82, 2.24) is 0 Å². The molecular formula is C18H15NO4. The van der Waals surface area contributed by atoms with Crippen LogP contribution in [0.5, 0.6) is 0 Å². The van der Waals surface area contributed by atoms with Crippen LogP contribution in [0.15, 0.2) is 45.6 Å². The molecule has 2 aromatic carbocycles. The van der Waals surface area contributed by atoms with E-state index in [0.29, 0.717) is 16.9 Å². The summed E-state index contributed by atoms with van der Waals surface area (Å²) < 4.78 is 5.81. The molecule has 3 aromatic rings. The van der Waals surface area contributed by atoms with Crippen LogP contribution in [0.3, 0.4) is 0 Å². The molecule has 0 aliphatic heterocycles. The van der Waals surface area contributed by atoms with Crippen LogP contribution in [0.1, 0.15) is 16.7 Å².